The van der Waals surface area contributed by atoms with Crippen LogP contribution in [-0.4, -0.2) is 35.5 Å². The van der Waals surface area contributed by atoms with Crippen LogP contribution in [0.3, 0.4) is 0 Å². The van der Waals surface area contributed by atoms with Gasteiger partial charge in [0, 0.05) is 12.1 Å². The van der Waals surface area contributed by atoms with Crippen LogP contribution in [0.5, 0.6) is 0 Å². The summed E-state index contributed by atoms with van der Waals surface area (Å²) in [5, 5.41) is 18.3. The van der Waals surface area contributed by atoms with Gasteiger partial charge in [0.05, 0.1) is 18.3 Å². The molecule has 0 aliphatic carbocycles. The van der Waals surface area contributed by atoms with Crippen LogP contribution in [0.1, 0.15) is 36.8 Å². The quantitative estimate of drug-likeness (QED) is 0.651. The SMILES string of the molecule is CCC(CO)NC(=O)NCCCc1c(C)noc1C. The molecule has 1 rings (SSSR count). The lowest BCUT2D eigenvalue weighted by Crippen LogP contribution is -2.43. The molecule has 0 saturated heterocycles. The zero-order chi connectivity index (χ0) is 14.3. The molecule has 2 amide bonds. The molecule has 0 aromatic carbocycles. The van der Waals surface area contributed by atoms with Gasteiger partial charge in [0.15, 0.2) is 0 Å². The van der Waals surface area contributed by atoms with Crippen molar-refractivity contribution in [2.24, 2.45) is 0 Å². The van der Waals surface area contributed by atoms with Gasteiger partial charge in [-0.25, -0.2) is 4.79 Å². The molecular formula is C13H23N3O3. The number of hydrogen-bond donors (Lipinski definition) is 3. The van der Waals surface area contributed by atoms with E-state index >= 15 is 0 Å². The fraction of sp³-hybridized carbons (Fsp3) is 0.692. The number of aliphatic hydroxyl groups is 1. The lowest BCUT2D eigenvalue weighted by molar-refractivity contribution is 0.214. The van der Waals surface area contributed by atoms with E-state index in [1.807, 2.05) is 20.8 Å². The first-order chi connectivity index (χ1) is 9.08. The summed E-state index contributed by atoms with van der Waals surface area (Å²) in [4.78, 5) is 11.5. The van der Waals surface area contributed by atoms with Crippen molar-refractivity contribution in [1.82, 2.24) is 15.8 Å². The second-order valence-corrected chi connectivity index (χ2v) is 4.59. The molecule has 1 unspecified atom stereocenters. The van der Waals surface area contributed by atoms with Crippen molar-refractivity contribution in [1.29, 1.82) is 0 Å². The zero-order valence-corrected chi connectivity index (χ0v) is 11.8. The summed E-state index contributed by atoms with van der Waals surface area (Å²) >= 11 is 0. The van der Waals surface area contributed by atoms with Crippen LogP contribution in [0.2, 0.25) is 0 Å². The topological polar surface area (TPSA) is 87.4 Å². The van der Waals surface area contributed by atoms with Crippen molar-refractivity contribution in [3.8, 4) is 0 Å². The Bertz CT molecular complexity index is 380. The normalized spacial score (nSPS) is 12.2. The molecule has 108 valence electrons. The predicted octanol–water partition coefficient (Wildman–Crippen LogP) is 1.29. The highest BCUT2D eigenvalue weighted by atomic mass is 16.5. The van der Waals surface area contributed by atoms with E-state index in [1.54, 1.807) is 0 Å². The van der Waals surface area contributed by atoms with E-state index in [4.69, 9.17) is 9.63 Å². The second kappa shape index (κ2) is 7.78. The van der Waals surface area contributed by atoms with Crippen molar-refractivity contribution in [3.05, 3.63) is 17.0 Å². The second-order valence-electron chi connectivity index (χ2n) is 4.59. The lowest BCUT2D eigenvalue weighted by Gasteiger charge is -2.14. The summed E-state index contributed by atoms with van der Waals surface area (Å²) < 4.78 is 5.08. The van der Waals surface area contributed by atoms with Gasteiger partial charge in [0.1, 0.15) is 5.76 Å². The zero-order valence-electron chi connectivity index (χ0n) is 11.8. The first kappa shape index (κ1) is 15.5. The molecule has 1 atom stereocenters. The predicted molar refractivity (Wildman–Crippen MR) is 72.0 cm³/mol. The Kier molecular flexibility index (Phi) is 6.35. The number of urea groups is 1. The molecule has 0 bridgehead atoms. The summed E-state index contributed by atoms with van der Waals surface area (Å²) in [6.45, 7) is 6.26. The van der Waals surface area contributed by atoms with E-state index in [9.17, 15) is 4.79 Å². The molecule has 0 aliphatic rings. The van der Waals surface area contributed by atoms with Crippen LogP contribution in [-0.2, 0) is 6.42 Å². The molecule has 0 saturated carbocycles. The molecule has 6 heteroatoms. The van der Waals surface area contributed by atoms with Gasteiger partial charge in [-0.1, -0.05) is 12.1 Å². The molecule has 0 radical (unpaired) electrons. The van der Waals surface area contributed by atoms with Crippen LogP contribution in [0.25, 0.3) is 0 Å². The van der Waals surface area contributed by atoms with E-state index in [0.717, 1.165) is 29.9 Å². The van der Waals surface area contributed by atoms with E-state index in [-0.39, 0.29) is 18.7 Å². The van der Waals surface area contributed by atoms with E-state index in [0.29, 0.717) is 13.0 Å². The summed E-state index contributed by atoms with van der Waals surface area (Å²) in [5.74, 6) is 0.841. The molecular weight excluding hydrogens is 246 g/mol. The summed E-state index contributed by atoms with van der Waals surface area (Å²) in [6, 6.07) is -0.415. The van der Waals surface area contributed by atoms with Gasteiger partial charge in [-0.15, -0.1) is 0 Å². The number of aliphatic hydroxyl groups excluding tert-OH is 1. The van der Waals surface area contributed by atoms with Gasteiger partial charge in [-0.05, 0) is 33.1 Å². The Morgan fingerprint density at radius 1 is 1.47 bits per heavy atom. The maximum atomic E-state index is 11.5. The molecule has 0 spiro atoms. The van der Waals surface area contributed by atoms with E-state index < -0.39 is 0 Å². The lowest BCUT2D eigenvalue weighted by atomic mass is 10.1. The Balaban J connectivity index is 2.22. The monoisotopic (exact) mass is 269 g/mol. The number of aryl methyl sites for hydroxylation is 2. The van der Waals surface area contributed by atoms with Crippen LogP contribution < -0.4 is 10.6 Å². The Morgan fingerprint density at radius 3 is 2.74 bits per heavy atom. The molecule has 1 heterocycles. The van der Waals surface area contributed by atoms with Gasteiger partial charge in [0.2, 0.25) is 0 Å². The van der Waals surface area contributed by atoms with Crippen molar-refractivity contribution in [2.45, 2.75) is 46.1 Å². The number of hydrogen-bond acceptors (Lipinski definition) is 4. The highest BCUT2D eigenvalue weighted by molar-refractivity contribution is 5.74. The smallest absolute Gasteiger partial charge is 0.315 e. The molecule has 1 aromatic heterocycles. The minimum Gasteiger partial charge on any atom is -0.394 e. The summed E-state index contributed by atoms with van der Waals surface area (Å²) in [5.41, 5.74) is 2.03. The molecule has 6 nitrogen and oxygen atoms in total. The standard InChI is InChI=1S/C13H23N3O3/c1-4-11(8-17)15-13(18)14-7-5-6-12-9(2)16-19-10(12)3/h11,17H,4-8H2,1-3H3,(H2,14,15,18). The van der Waals surface area contributed by atoms with Gasteiger partial charge in [0.25, 0.3) is 0 Å². The average molecular weight is 269 g/mol. The van der Waals surface area contributed by atoms with Gasteiger partial charge in [-0.2, -0.15) is 0 Å². The van der Waals surface area contributed by atoms with Gasteiger partial charge >= 0.3 is 6.03 Å². The molecule has 0 aliphatic heterocycles. The number of carbonyl (C=O) groups excluding carboxylic acids is 1. The Labute approximate surface area is 113 Å². The van der Waals surface area contributed by atoms with E-state index in [2.05, 4.69) is 15.8 Å². The number of carbonyl (C=O) groups is 1. The highest BCUT2D eigenvalue weighted by Crippen LogP contribution is 2.13. The number of aromatic nitrogens is 1. The number of amides is 2. The largest absolute Gasteiger partial charge is 0.394 e. The maximum Gasteiger partial charge on any atom is 0.315 e. The van der Waals surface area contributed by atoms with Crippen molar-refractivity contribution < 1.29 is 14.4 Å². The first-order valence-corrected chi connectivity index (χ1v) is 6.65. The molecule has 3 N–H and O–H groups in total. The fourth-order valence-electron chi connectivity index (χ4n) is 1.84. The number of rotatable bonds is 7. The van der Waals surface area contributed by atoms with E-state index in [1.165, 1.54) is 0 Å². The van der Waals surface area contributed by atoms with Crippen LogP contribution in [0.4, 0.5) is 4.79 Å². The maximum absolute atomic E-state index is 11.5. The van der Waals surface area contributed by atoms with Crippen LogP contribution in [0, 0.1) is 13.8 Å². The molecule has 19 heavy (non-hydrogen) atoms. The van der Waals surface area contributed by atoms with Gasteiger partial charge < -0.3 is 20.3 Å². The third kappa shape index (κ3) is 4.90. The van der Waals surface area contributed by atoms with Gasteiger partial charge in [-0.3, -0.25) is 0 Å². The Morgan fingerprint density at radius 2 is 2.21 bits per heavy atom. The Hall–Kier alpha value is -1.56. The highest BCUT2D eigenvalue weighted by Gasteiger charge is 2.10. The van der Waals surface area contributed by atoms with Crippen LogP contribution in [0.15, 0.2) is 4.52 Å². The minimum atomic E-state index is -0.236. The van der Waals surface area contributed by atoms with Crippen LogP contribution >= 0.6 is 0 Å². The number of nitrogens with one attached hydrogen (secondary N) is 2. The van der Waals surface area contributed by atoms with Crippen molar-refractivity contribution in [3.63, 3.8) is 0 Å². The average Bonchev–Trinajstić information content (AvgIpc) is 2.72. The molecule has 0 fully saturated rings. The first-order valence-electron chi connectivity index (χ1n) is 6.65. The van der Waals surface area contributed by atoms with Crippen molar-refractivity contribution >= 4 is 6.03 Å². The summed E-state index contributed by atoms with van der Waals surface area (Å²) in [7, 11) is 0. The fourth-order valence-corrected chi connectivity index (χ4v) is 1.84. The number of nitrogens with zero attached hydrogens (tertiary/aromatic N) is 1. The minimum absolute atomic E-state index is 0.0387. The third-order valence-electron chi connectivity index (χ3n) is 3.12. The third-order valence-corrected chi connectivity index (χ3v) is 3.12. The summed E-state index contributed by atoms with van der Waals surface area (Å²) in [6.07, 6.45) is 2.37. The van der Waals surface area contributed by atoms with Crippen molar-refractivity contribution in [2.75, 3.05) is 13.2 Å². The molecule has 1 aromatic rings.